The minimum absolute atomic E-state index is 0.00630. The predicted octanol–water partition coefficient (Wildman–Crippen LogP) is 2.60. The Morgan fingerprint density at radius 3 is 2.50 bits per heavy atom. The first kappa shape index (κ1) is 18.3. The molecule has 1 aliphatic heterocycles. The molecule has 0 saturated carbocycles. The Balaban J connectivity index is 1.79. The van der Waals surface area contributed by atoms with Crippen LogP contribution in [0.3, 0.4) is 0 Å². The Morgan fingerprint density at radius 2 is 1.88 bits per heavy atom. The Morgan fingerprint density at radius 1 is 1.15 bits per heavy atom. The van der Waals surface area contributed by atoms with Crippen molar-refractivity contribution in [3.05, 3.63) is 60.2 Å². The van der Waals surface area contributed by atoms with Crippen LogP contribution in [0.2, 0.25) is 0 Å². The lowest BCUT2D eigenvalue weighted by Gasteiger charge is -2.28. The second-order valence-corrected chi connectivity index (χ2v) is 8.36. The fourth-order valence-electron chi connectivity index (χ4n) is 3.01. The summed E-state index contributed by atoms with van der Waals surface area (Å²) in [5.41, 5.74) is 0.591. The molecule has 1 saturated heterocycles. The molecule has 3 rings (SSSR count). The minimum Gasteiger partial charge on any atom is -0.374 e. The van der Waals surface area contributed by atoms with E-state index in [4.69, 9.17) is 0 Å². The van der Waals surface area contributed by atoms with Crippen molar-refractivity contribution in [1.82, 2.24) is 0 Å². The summed E-state index contributed by atoms with van der Waals surface area (Å²) in [6, 6.07) is 11.3. The van der Waals surface area contributed by atoms with Gasteiger partial charge in [-0.05, 0) is 30.7 Å². The van der Waals surface area contributed by atoms with E-state index in [0.29, 0.717) is 12.1 Å². The molecule has 0 aliphatic carbocycles. The van der Waals surface area contributed by atoms with E-state index in [2.05, 4.69) is 5.32 Å². The number of sulfone groups is 1. The van der Waals surface area contributed by atoms with Gasteiger partial charge in [-0.15, -0.1) is 0 Å². The van der Waals surface area contributed by atoms with Crippen LogP contribution in [0.1, 0.15) is 6.42 Å². The van der Waals surface area contributed by atoms with E-state index in [9.17, 15) is 22.0 Å². The third-order valence-electron chi connectivity index (χ3n) is 4.24. The van der Waals surface area contributed by atoms with Gasteiger partial charge in [0.05, 0.1) is 29.8 Å². The highest BCUT2D eigenvalue weighted by Gasteiger charge is 2.35. The molecule has 0 spiro atoms. The van der Waals surface area contributed by atoms with Crippen molar-refractivity contribution in [2.45, 2.75) is 12.5 Å². The average Bonchev–Trinajstić information content (AvgIpc) is 2.95. The Kier molecular flexibility index (Phi) is 5.22. The van der Waals surface area contributed by atoms with Crippen molar-refractivity contribution in [2.24, 2.45) is 0 Å². The number of para-hydroxylation sites is 1. The summed E-state index contributed by atoms with van der Waals surface area (Å²) in [6.07, 6.45) is 0.355. The molecule has 1 aliphatic rings. The van der Waals surface area contributed by atoms with Crippen LogP contribution >= 0.6 is 0 Å². The van der Waals surface area contributed by atoms with E-state index in [1.807, 2.05) is 0 Å². The van der Waals surface area contributed by atoms with Crippen LogP contribution in [-0.4, -0.2) is 38.4 Å². The van der Waals surface area contributed by atoms with Crippen LogP contribution < -0.4 is 10.2 Å². The van der Waals surface area contributed by atoms with Crippen molar-refractivity contribution < 1.29 is 22.0 Å². The zero-order valence-corrected chi connectivity index (χ0v) is 14.7. The van der Waals surface area contributed by atoms with Crippen LogP contribution in [0, 0.1) is 11.6 Å². The number of rotatable bonds is 5. The zero-order valence-electron chi connectivity index (χ0n) is 13.9. The third-order valence-corrected chi connectivity index (χ3v) is 5.99. The molecular weight excluding hydrogens is 362 g/mol. The van der Waals surface area contributed by atoms with Crippen LogP contribution in [0.5, 0.6) is 0 Å². The van der Waals surface area contributed by atoms with Gasteiger partial charge >= 0.3 is 0 Å². The second-order valence-electron chi connectivity index (χ2n) is 6.13. The lowest BCUT2D eigenvalue weighted by atomic mass is 10.1. The van der Waals surface area contributed by atoms with E-state index in [0.717, 1.165) is 12.1 Å². The van der Waals surface area contributed by atoms with Gasteiger partial charge in [0.25, 0.3) is 0 Å². The molecule has 1 N–H and O–H groups in total. The third kappa shape index (κ3) is 4.19. The van der Waals surface area contributed by atoms with Crippen molar-refractivity contribution in [1.29, 1.82) is 0 Å². The molecule has 2 aromatic carbocycles. The quantitative estimate of drug-likeness (QED) is 0.866. The summed E-state index contributed by atoms with van der Waals surface area (Å²) in [5.74, 6) is -1.96. The minimum atomic E-state index is -3.18. The molecule has 0 bridgehead atoms. The number of hydrogen-bond acceptors (Lipinski definition) is 4. The predicted molar refractivity (Wildman–Crippen MR) is 95.8 cm³/mol. The smallest absolute Gasteiger partial charge is 0.246 e. The highest BCUT2D eigenvalue weighted by atomic mass is 32.2. The summed E-state index contributed by atoms with van der Waals surface area (Å²) < 4.78 is 50.3. The topological polar surface area (TPSA) is 66.5 Å². The molecule has 2 aromatic rings. The summed E-state index contributed by atoms with van der Waals surface area (Å²) in [7, 11) is -3.18. The SMILES string of the molecule is O=C(CNc1ccc(F)cc1F)N(c1ccccc1)C1CCS(=O)(=O)C1. The van der Waals surface area contributed by atoms with Gasteiger partial charge < -0.3 is 10.2 Å². The first-order valence-corrected chi connectivity index (χ1v) is 9.94. The average molecular weight is 380 g/mol. The normalized spacial score (nSPS) is 18.5. The molecular formula is C18H18F2N2O3S. The Labute approximate surface area is 150 Å². The van der Waals surface area contributed by atoms with Gasteiger partial charge in [-0.25, -0.2) is 17.2 Å². The highest BCUT2D eigenvalue weighted by molar-refractivity contribution is 7.91. The van der Waals surface area contributed by atoms with Gasteiger partial charge in [0.15, 0.2) is 9.84 Å². The van der Waals surface area contributed by atoms with Crippen molar-refractivity contribution in [3.8, 4) is 0 Å². The number of carbonyl (C=O) groups excluding carboxylic acids is 1. The molecule has 1 heterocycles. The maximum Gasteiger partial charge on any atom is 0.246 e. The first-order chi connectivity index (χ1) is 12.4. The van der Waals surface area contributed by atoms with Gasteiger partial charge in [-0.3, -0.25) is 4.79 Å². The summed E-state index contributed by atoms with van der Waals surface area (Å²) in [5, 5.41) is 2.65. The first-order valence-electron chi connectivity index (χ1n) is 8.12. The summed E-state index contributed by atoms with van der Waals surface area (Å²) in [4.78, 5) is 14.2. The number of carbonyl (C=O) groups is 1. The lowest BCUT2D eigenvalue weighted by Crippen LogP contribution is -2.44. The zero-order chi connectivity index (χ0) is 18.7. The molecule has 1 unspecified atom stereocenters. The Hall–Kier alpha value is -2.48. The molecule has 1 fully saturated rings. The van der Waals surface area contributed by atoms with Crippen molar-refractivity contribution in [3.63, 3.8) is 0 Å². The molecule has 1 atom stereocenters. The van der Waals surface area contributed by atoms with Gasteiger partial charge in [0, 0.05) is 11.8 Å². The fourth-order valence-corrected chi connectivity index (χ4v) is 4.71. The molecule has 5 nitrogen and oxygen atoms in total. The van der Waals surface area contributed by atoms with Gasteiger partial charge in [0.2, 0.25) is 5.91 Å². The van der Waals surface area contributed by atoms with Gasteiger partial charge in [-0.1, -0.05) is 18.2 Å². The highest BCUT2D eigenvalue weighted by Crippen LogP contribution is 2.25. The van der Waals surface area contributed by atoms with E-state index in [-0.39, 0.29) is 29.6 Å². The standard InChI is InChI=1S/C18H18F2N2O3S/c19-13-6-7-17(16(20)10-13)21-11-18(23)22(14-4-2-1-3-5-14)15-8-9-26(24,25)12-15/h1-7,10,15,21H,8-9,11-12H2. The van der Waals surface area contributed by atoms with Crippen LogP contribution in [0.15, 0.2) is 48.5 Å². The number of halogens is 2. The maximum atomic E-state index is 13.7. The lowest BCUT2D eigenvalue weighted by molar-refractivity contribution is -0.117. The van der Waals surface area contributed by atoms with Crippen LogP contribution in [0.4, 0.5) is 20.2 Å². The maximum absolute atomic E-state index is 13.7. The van der Waals surface area contributed by atoms with E-state index in [1.54, 1.807) is 30.3 Å². The van der Waals surface area contributed by atoms with Crippen LogP contribution in [0.25, 0.3) is 0 Å². The fraction of sp³-hybridized carbons (Fsp3) is 0.278. The molecule has 1 amide bonds. The van der Waals surface area contributed by atoms with Gasteiger partial charge in [0.1, 0.15) is 11.6 Å². The van der Waals surface area contributed by atoms with Crippen LogP contribution in [-0.2, 0) is 14.6 Å². The largest absolute Gasteiger partial charge is 0.374 e. The molecule has 0 radical (unpaired) electrons. The number of hydrogen-bond donors (Lipinski definition) is 1. The Bertz CT molecular complexity index is 904. The number of benzene rings is 2. The van der Waals surface area contributed by atoms with E-state index < -0.39 is 27.5 Å². The number of amides is 1. The van der Waals surface area contributed by atoms with Crippen molar-refractivity contribution >= 4 is 27.1 Å². The number of nitrogens with zero attached hydrogens (tertiary/aromatic N) is 1. The summed E-state index contributed by atoms with van der Waals surface area (Å²) in [6.45, 7) is -0.242. The van der Waals surface area contributed by atoms with E-state index in [1.165, 1.54) is 11.0 Å². The molecule has 0 aromatic heterocycles. The van der Waals surface area contributed by atoms with Gasteiger partial charge in [-0.2, -0.15) is 0 Å². The van der Waals surface area contributed by atoms with E-state index >= 15 is 0 Å². The number of anilines is 2. The molecule has 26 heavy (non-hydrogen) atoms. The second kappa shape index (κ2) is 7.41. The molecule has 8 heteroatoms. The molecule has 138 valence electrons. The monoisotopic (exact) mass is 380 g/mol. The summed E-state index contributed by atoms with van der Waals surface area (Å²) >= 11 is 0. The van der Waals surface area contributed by atoms with Crippen molar-refractivity contribution in [2.75, 3.05) is 28.3 Å². The number of nitrogens with one attached hydrogen (secondary N) is 1.